The normalized spacial score (nSPS) is 11.9. The molecular weight excluding hydrogens is 1090 g/mol. The van der Waals surface area contributed by atoms with Crippen LogP contribution in [0.3, 0.4) is 0 Å². The maximum atomic E-state index is 12.7. The Morgan fingerprint density at radius 1 is 0.413 bits per heavy atom. The van der Waals surface area contributed by atoms with Crippen molar-refractivity contribution in [2.24, 2.45) is 0 Å². The van der Waals surface area contributed by atoms with Crippen molar-refractivity contribution in [3.63, 3.8) is 0 Å². The monoisotopic (exact) mass is 1150 g/mol. The molecule has 0 aliphatic rings. The van der Waals surface area contributed by atoms with Gasteiger partial charge in [0.2, 0.25) is 0 Å². The van der Waals surface area contributed by atoms with Gasteiger partial charge in [-0.25, -0.2) is 4.98 Å². The number of aromatic nitrogens is 3. The number of nitrogens with zero attached hydrogens (tertiary/aromatic N) is 3. The fourth-order valence-electron chi connectivity index (χ4n) is 10.4. The minimum Gasteiger partial charge on any atom is -0.507 e. The zero-order valence-corrected chi connectivity index (χ0v) is 45.8. The maximum absolute atomic E-state index is 12.7. The minimum absolute atomic E-state index is 0. The fraction of sp³-hybridized carbons (Fsp3) is 0.143. The van der Waals surface area contributed by atoms with E-state index >= 15 is 0 Å². The molecule has 0 amide bonds. The van der Waals surface area contributed by atoms with E-state index in [1.54, 1.807) is 0 Å². The number of rotatable bonds is 10. The molecule has 4 nitrogen and oxygen atoms in total. The van der Waals surface area contributed by atoms with Crippen molar-refractivity contribution in [1.29, 1.82) is 0 Å². The van der Waals surface area contributed by atoms with Crippen LogP contribution in [0.15, 0.2) is 231 Å². The van der Waals surface area contributed by atoms with E-state index in [1.165, 1.54) is 22.3 Å². The molecule has 5 heteroatoms. The number of phenols is 1. The molecule has 11 aromatic rings. The second-order valence-electron chi connectivity index (χ2n) is 21.7. The Morgan fingerprint density at radius 3 is 1.55 bits per heavy atom. The zero-order valence-electron chi connectivity index (χ0n) is 43.5. The van der Waals surface area contributed by atoms with Gasteiger partial charge < -0.3 is 5.11 Å². The first-order chi connectivity index (χ1) is 35.8. The number of hydrogen-bond donors (Lipinski definition) is 1. The van der Waals surface area contributed by atoms with Crippen LogP contribution >= 0.6 is 0 Å². The van der Waals surface area contributed by atoms with Gasteiger partial charge in [0, 0.05) is 49.5 Å². The number of imidazole rings is 1. The average molecular weight is 1150 g/mol. The van der Waals surface area contributed by atoms with Gasteiger partial charge in [-0.2, -0.15) is 0 Å². The van der Waals surface area contributed by atoms with Crippen LogP contribution in [-0.2, 0) is 37.3 Å². The standard InChI is InChI=1S/C70H60N3O.Pt/c1-68(2,3)56-38-39-63(59(44-56)48-22-12-8-13-23-48)73-64-33-21-32-58(65(64)72-67(73)61-46-57(69(4,5)6)45-60(66(61)74)49-24-14-9-15-25-49)51-26-20-27-52(42-51)62-43-50(40-41-71-62)47-34-36-55(37-35-47)70(7,53-28-16-10-17-29-53)54-30-18-11-19-31-54;/h8-41,43-46,74H,1-7H3;/q-1;. The van der Waals surface area contributed by atoms with Gasteiger partial charge in [0.25, 0.3) is 0 Å². The van der Waals surface area contributed by atoms with Gasteiger partial charge in [-0.15, -0.1) is 29.8 Å². The number of benzene rings is 9. The molecule has 1 N–H and O–H groups in total. The van der Waals surface area contributed by atoms with Crippen LogP contribution in [0.2, 0.25) is 0 Å². The third-order valence-electron chi connectivity index (χ3n) is 14.8. The Morgan fingerprint density at radius 2 is 0.933 bits per heavy atom. The van der Waals surface area contributed by atoms with Crippen LogP contribution in [0.5, 0.6) is 5.75 Å². The van der Waals surface area contributed by atoms with Crippen molar-refractivity contribution in [3.05, 3.63) is 265 Å². The number of fused-ring (bicyclic) bond motifs is 1. The maximum Gasteiger partial charge on any atom is 0.148 e. The second kappa shape index (κ2) is 20.4. The molecule has 0 atom stereocenters. The molecule has 11 rings (SSSR count). The molecule has 2 heterocycles. The second-order valence-corrected chi connectivity index (χ2v) is 21.7. The van der Waals surface area contributed by atoms with Gasteiger partial charge in [0.15, 0.2) is 0 Å². The molecule has 75 heavy (non-hydrogen) atoms. The van der Waals surface area contributed by atoms with E-state index in [4.69, 9.17) is 9.97 Å². The third-order valence-corrected chi connectivity index (χ3v) is 14.8. The number of pyridine rings is 1. The van der Waals surface area contributed by atoms with E-state index in [0.29, 0.717) is 11.4 Å². The summed E-state index contributed by atoms with van der Waals surface area (Å²) in [6, 6.07) is 83.0. The summed E-state index contributed by atoms with van der Waals surface area (Å²) in [6.07, 6.45) is 1.89. The number of aromatic hydroxyl groups is 1. The molecule has 0 spiro atoms. The van der Waals surface area contributed by atoms with Crippen molar-refractivity contribution in [2.75, 3.05) is 0 Å². The molecular formula is C70H60N3OPt-. The topological polar surface area (TPSA) is 50.9 Å². The van der Waals surface area contributed by atoms with Crippen LogP contribution in [0.4, 0.5) is 0 Å². The predicted molar refractivity (Wildman–Crippen MR) is 308 cm³/mol. The Balaban J connectivity index is 0.00000641. The Labute approximate surface area is 456 Å². The Bertz CT molecular complexity index is 3760. The van der Waals surface area contributed by atoms with E-state index in [2.05, 4.69) is 265 Å². The van der Waals surface area contributed by atoms with E-state index in [-0.39, 0.29) is 43.1 Å². The van der Waals surface area contributed by atoms with E-state index < -0.39 is 0 Å². The van der Waals surface area contributed by atoms with Gasteiger partial charge in [-0.1, -0.05) is 223 Å². The van der Waals surface area contributed by atoms with E-state index in [9.17, 15) is 5.11 Å². The minimum atomic E-state index is -0.331. The average Bonchev–Trinajstić information content (AvgIpc) is 3.84. The number of phenolic OH excluding ortho intramolecular Hbond substituents is 1. The van der Waals surface area contributed by atoms with Gasteiger partial charge in [0.1, 0.15) is 11.6 Å². The van der Waals surface area contributed by atoms with E-state index in [1.807, 2.05) is 24.4 Å². The SMILES string of the molecule is CC(C)(C)c1ccc(-n2c(-c3cc(C(C)(C)C)cc(-c4ccccc4)c3O)nc3c(-c4[c-]c(-c5cc(-c6ccc(C(C)(c7ccccc7)c7ccccc7)cc6)ccn5)ccc4)cccc32)c(-c2ccccc2)c1.[Pt]. The van der Waals surface area contributed by atoms with Crippen LogP contribution < -0.4 is 0 Å². The van der Waals surface area contributed by atoms with Crippen LogP contribution in [0.25, 0.3) is 83.9 Å². The van der Waals surface area contributed by atoms with Crippen molar-refractivity contribution in [2.45, 2.75) is 64.7 Å². The summed E-state index contributed by atoms with van der Waals surface area (Å²) in [5, 5.41) is 12.7. The summed E-state index contributed by atoms with van der Waals surface area (Å²) in [6.45, 7) is 15.7. The van der Waals surface area contributed by atoms with Crippen molar-refractivity contribution in [3.8, 4) is 78.6 Å². The quantitative estimate of drug-likeness (QED) is 0.110. The van der Waals surface area contributed by atoms with E-state index in [0.717, 1.165) is 78.0 Å². The number of para-hydroxylation sites is 1. The summed E-state index contributed by atoms with van der Waals surface area (Å²) < 4.78 is 2.26. The Kier molecular flexibility index (Phi) is 13.8. The Hall–Kier alpha value is -7.91. The van der Waals surface area contributed by atoms with Gasteiger partial charge in [-0.05, 0) is 104 Å². The van der Waals surface area contributed by atoms with Crippen LogP contribution in [0.1, 0.15) is 76.3 Å². The summed E-state index contributed by atoms with van der Waals surface area (Å²) in [5.74, 6) is 0.837. The summed E-state index contributed by atoms with van der Waals surface area (Å²) >= 11 is 0. The molecule has 0 radical (unpaired) electrons. The van der Waals surface area contributed by atoms with Gasteiger partial charge in [-0.3, -0.25) is 9.55 Å². The molecule has 0 aliphatic heterocycles. The smallest absolute Gasteiger partial charge is 0.148 e. The summed E-state index contributed by atoms with van der Waals surface area (Å²) in [5.41, 5.74) is 18.3. The van der Waals surface area contributed by atoms with Crippen molar-refractivity contribution >= 4 is 11.0 Å². The fourth-order valence-corrected chi connectivity index (χ4v) is 10.4. The first-order valence-corrected chi connectivity index (χ1v) is 25.6. The molecule has 0 bridgehead atoms. The zero-order chi connectivity index (χ0) is 51.2. The third kappa shape index (κ3) is 9.72. The molecule has 0 unspecified atom stereocenters. The molecule has 0 fully saturated rings. The van der Waals surface area contributed by atoms with Gasteiger partial charge in [0.05, 0.1) is 22.3 Å². The number of hydrogen-bond acceptors (Lipinski definition) is 3. The molecule has 372 valence electrons. The molecule has 0 saturated heterocycles. The van der Waals surface area contributed by atoms with Crippen LogP contribution in [0, 0.1) is 6.07 Å². The first-order valence-electron chi connectivity index (χ1n) is 25.6. The van der Waals surface area contributed by atoms with Crippen molar-refractivity contribution < 1.29 is 26.2 Å². The summed E-state index contributed by atoms with van der Waals surface area (Å²) in [4.78, 5) is 10.6. The molecule has 2 aromatic heterocycles. The van der Waals surface area contributed by atoms with Gasteiger partial charge >= 0.3 is 0 Å². The summed E-state index contributed by atoms with van der Waals surface area (Å²) in [7, 11) is 0. The molecule has 0 saturated carbocycles. The van der Waals surface area contributed by atoms with Crippen molar-refractivity contribution in [1.82, 2.24) is 14.5 Å². The van der Waals surface area contributed by atoms with Crippen LogP contribution in [-0.4, -0.2) is 19.6 Å². The molecule has 9 aromatic carbocycles. The molecule has 0 aliphatic carbocycles. The largest absolute Gasteiger partial charge is 0.507 e. The predicted octanol–water partition coefficient (Wildman–Crippen LogP) is 17.9. The first kappa shape index (κ1) is 50.6.